The third kappa shape index (κ3) is 27.7. The summed E-state index contributed by atoms with van der Waals surface area (Å²) in [5, 5.41) is 71.7. The summed E-state index contributed by atoms with van der Waals surface area (Å²) in [6.45, 7) is 39.4. The average Bonchev–Trinajstić information content (AvgIpc) is 3.06. The number of aliphatic carboxylic acids is 3. The molecule has 0 aromatic rings. The van der Waals surface area contributed by atoms with Gasteiger partial charge in [0.05, 0.1) is 34.7 Å². The molecular formula is C51H99N7O15. The Morgan fingerprint density at radius 1 is 0.438 bits per heavy atom. The van der Waals surface area contributed by atoms with Crippen molar-refractivity contribution in [3.63, 3.8) is 0 Å². The van der Waals surface area contributed by atoms with Crippen LogP contribution in [0.25, 0.3) is 0 Å². The summed E-state index contributed by atoms with van der Waals surface area (Å²) in [5.74, 6) is -4.65. The van der Waals surface area contributed by atoms with E-state index in [1.807, 2.05) is 0 Å². The van der Waals surface area contributed by atoms with Crippen LogP contribution in [-0.4, -0.2) is 163 Å². The Bertz CT molecular complexity index is 1560. The standard InChI is InChI=1S/3C15H30N2O3.C6H9NO6/c3*1-11(18)16-12-8-13(2,3)17(14(4,5)9-12)20-10-15(6,7)19;8-4(9)1-7(2-5(10)11)3-6(12)13/h3*12,19H,8-10H2,1-7H3,(H,16,18);1-3H2,(H,8,9)(H,10,11)(H,12,13). The molecule has 9 N–H and O–H groups in total. The molecule has 3 rings (SSSR count). The van der Waals surface area contributed by atoms with E-state index in [0.717, 1.165) is 53.7 Å². The second-order valence-corrected chi connectivity index (χ2v) is 26.3. The maximum atomic E-state index is 11.3. The van der Waals surface area contributed by atoms with Gasteiger partial charge in [0.1, 0.15) is 53.1 Å². The topological polar surface area (TPSA) is 313 Å². The number of piperidine rings is 3. The molecule has 3 aliphatic rings. The van der Waals surface area contributed by atoms with Crippen molar-refractivity contribution in [2.75, 3.05) is 39.5 Å². The summed E-state index contributed by atoms with van der Waals surface area (Å²) >= 11 is 0. The molecule has 0 atom stereocenters. The van der Waals surface area contributed by atoms with E-state index in [9.17, 15) is 59.4 Å². The Hall–Kier alpha value is -3.58. The van der Waals surface area contributed by atoms with Crippen molar-refractivity contribution >= 4 is 35.6 Å². The molecule has 3 aliphatic heterocycles. The van der Waals surface area contributed by atoms with E-state index in [0.29, 0.717) is 24.7 Å². The van der Waals surface area contributed by atoms with E-state index in [1.54, 1.807) is 62.3 Å². The predicted molar refractivity (Wildman–Crippen MR) is 266 cm³/mol. The van der Waals surface area contributed by atoms with Gasteiger partial charge in [-0.1, -0.05) is 0 Å². The third-order valence-electron chi connectivity index (χ3n) is 12.2. The van der Waals surface area contributed by atoms with Crippen LogP contribution in [0.5, 0.6) is 0 Å². The summed E-state index contributed by atoms with van der Waals surface area (Å²) in [6, 6.07) is 0.519. The van der Waals surface area contributed by atoms with Gasteiger partial charge in [-0.05, 0) is 125 Å². The van der Waals surface area contributed by atoms with Crippen LogP contribution in [0.1, 0.15) is 184 Å². The van der Waals surface area contributed by atoms with Gasteiger partial charge in [0.2, 0.25) is 17.7 Å². The molecular weight excluding hydrogens is 951 g/mol. The van der Waals surface area contributed by atoms with E-state index in [4.69, 9.17) is 14.5 Å². The maximum absolute atomic E-state index is 11.3. The minimum Gasteiger partial charge on any atom is -0.549 e. The van der Waals surface area contributed by atoms with Crippen molar-refractivity contribution in [1.29, 1.82) is 0 Å². The summed E-state index contributed by atoms with van der Waals surface area (Å²) in [7, 11) is 0. The number of carbonyl (C=O) groups excluding carboxylic acids is 6. The number of hydrogen-bond acceptors (Lipinski definition) is 16. The van der Waals surface area contributed by atoms with Crippen molar-refractivity contribution in [2.24, 2.45) is 0 Å². The number of amides is 3. The number of hydroxylamine groups is 6. The van der Waals surface area contributed by atoms with Crippen LogP contribution in [0.15, 0.2) is 0 Å². The van der Waals surface area contributed by atoms with Crippen molar-refractivity contribution in [3.8, 4) is 0 Å². The van der Waals surface area contributed by atoms with Crippen molar-refractivity contribution in [3.05, 3.63) is 0 Å². The van der Waals surface area contributed by atoms with E-state index < -0.39 is 54.3 Å². The second-order valence-electron chi connectivity index (χ2n) is 26.3. The lowest BCUT2D eigenvalue weighted by molar-refractivity contribution is -1.17. The van der Waals surface area contributed by atoms with Crippen LogP contribution in [0, 0.1) is 0 Å². The number of hydrogen-bond donors (Lipinski definition) is 9. The molecule has 22 heteroatoms. The number of aliphatic hydroxyl groups is 3. The number of carboxylic acids is 3. The van der Waals surface area contributed by atoms with Crippen molar-refractivity contribution in [1.82, 2.24) is 20.9 Å². The molecule has 0 saturated carbocycles. The molecule has 0 aliphatic carbocycles. The molecule has 0 spiro atoms. The highest BCUT2D eigenvalue weighted by atomic mass is 16.7. The molecule has 0 aromatic carbocycles. The summed E-state index contributed by atoms with van der Waals surface area (Å²) in [5.41, 5.74) is -3.27. The number of carbonyl (C=O) groups is 6. The highest BCUT2D eigenvalue weighted by Gasteiger charge is 2.54. The van der Waals surface area contributed by atoms with E-state index in [1.165, 1.54) is 0 Å². The monoisotopic (exact) mass is 1050 g/mol. The Labute approximate surface area is 436 Å². The van der Waals surface area contributed by atoms with Crippen LogP contribution < -0.4 is 46.5 Å². The zero-order valence-electron chi connectivity index (χ0n) is 48.4. The largest absolute Gasteiger partial charge is 0.549 e. The normalized spacial score (nSPS) is 25.6. The Kier molecular flexibility index (Phi) is 25.6. The summed E-state index contributed by atoms with van der Waals surface area (Å²) in [6.07, 6.45) is 5.15. The maximum Gasteiger partial charge on any atom is 0.217 e. The van der Waals surface area contributed by atoms with E-state index >= 15 is 0 Å². The molecule has 3 amide bonds. The fourth-order valence-electron chi connectivity index (χ4n) is 11.0. The van der Waals surface area contributed by atoms with Gasteiger partial charge in [-0.15, -0.1) is 0 Å². The molecule has 3 fully saturated rings. The average molecular weight is 1050 g/mol. The smallest absolute Gasteiger partial charge is 0.217 e. The molecule has 3 heterocycles. The van der Waals surface area contributed by atoms with Gasteiger partial charge in [-0.3, -0.25) is 19.3 Å². The lowest BCUT2D eigenvalue weighted by atomic mass is 9.79. The first kappa shape index (κ1) is 69.4. The molecule has 22 nitrogen and oxygen atoms in total. The Morgan fingerprint density at radius 2 is 0.603 bits per heavy atom. The molecule has 428 valence electrons. The molecule has 0 unspecified atom stereocenters. The molecule has 0 aromatic heterocycles. The minimum atomic E-state index is -1.57. The van der Waals surface area contributed by atoms with Gasteiger partial charge in [0, 0.05) is 97.1 Å². The molecule has 73 heavy (non-hydrogen) atoms. The highest BCUT2D eigenvalue weighted by molar-refractivity contribution is 5.74. The van der Waals surface area contributed by atoms with E-state index in [-0.39, 0.29) is 69.1 Å². The number of rotatable bonds is 18. The van der Waals surface area contributed by atoms with Crippen LogP contribution >= 0.6 is 0 Å². The summed E-state index contributed by atoms with van der Waals surface area (Å²) < 4.78 is 0. The summed E-state index contributed by atoms with van der Waals surface area (Å²) in [4.78, 5) is 82.4. The molecule has 3 saturated heterocycles. The first-order valence-corrected chi connectivity index (χ1v) is 25.2. The molecule has 0 radical (unpaired) electrons. The Morgan fingerprint density at radius 3 is 0.726 bits per heavy atom. The highest BCUT2D eigenvalue weighted by Crippen LogP contribution is 2.27. The fourth-order valence-corrected chi connectivity index (χ4v) is 11.0. The quantitative estimate of drug-likeness (QED) is 0.0629. The van der Waals surface area contributed by atoms with Gasteiger partial charge in [-0.25, -0.2) is 14.5 Å². The van der Waals surface area contributed by atoms with E-state index in [2.05, 4.69) is 99.0 Å². The second kappa shape index (κ2) is 27.0. The Balaban J connectivity index is 0.000000959. The van der Waals surface area contributed by atoms with Crippen LogP contribution in [0.4, 0.5) is 0 Å². The van der Waals surface area contributed by atoms with Gasteiger partial charge in [0.25, 0.3) is 0 Å². The van der Waals surface area contributed by atoms with Gasteiger partial charge in [0.15, 0.2) is 0 Å². The number of quaternary nitrogens is 3. The first-order valence-electron chi connectivity index (χ1n) is 25.2. The third-order valence-corrected chi connectivity index (χ3v) is 12.2. The zero-order valence-corrected chi connectivity index (χ0v) is 48.4. The van der Waals surface area contributed by atoms with Crippen molar-refractivity contribution in [2.45, 2.75) is 252 Å². The SMILES string of the molecule is CC(=O)NC1CC(C)(C)[NH+](OCC(C)(C)O)C(C)(C)C1.CC(=O)NC1CC(C)(C)[NH+](OCC(C)(C)O)C(C)(C)C1.CC(=O)NC1CC(C)(C)[NH+](OCC(C)(C)O)C(C)(C)C1.O=C([O-])CN(CC(=O)[O-])CC(=O)[O-]. The number of nitrogens with one attached hydrogen (secondary N) is 6. The lowest BCUT2D eigenvalue weighted by Crippen LogP contribution is -3.26. The first-order chi connectivity index (χ1) is 32.4. The minimum absolute atomic E-state index is 0.0162. The van der Waals surface area contributed by atoms with Gasteiger partial charge >= 0.3 is 0 Å². The van der Waals surface area contributed by atoms with Gasteiger partial charge < -0.3 is 61.0 Å². The number of nitrogens with zero attached hydrogens (tertiary/aromatic N) is 1. The van der Waals surface area contributed by atoms with Crippen LogP contribution in [-0.2, 0) is 43.3 Å². The predicted octanol–water partition coefficient (Wildman–Crippen LogP) is -4.17. The van der Waals surface area contributed by atoms with Gasteiger partial charge in [-0.2, -0.15) is 15.2 Å². The lowest BCUT2D eigenvalue weighted by Gasteiger charge is -2.49. The van der Waals surface area contributed by atoms with Crippen LogP contribution in [0.2, 0.25) is 0 Å². The molecule has 0 bridgehead atoms. The fraction of sp³-hybridized carbons (Fsp3) is 0.882. The zero-order chi connectivity index (χ0) is 57.7. The van der Waals surface area contributed by atoms with Crippen LogP contribution in [0.3, 0.4) is 0 Å². The number of carboxylic acid groups (broad SMARTS) is 3. The van der Waals surface area contributed by atoms with Crippen molar-refractivity contribution < 1.29 is 89.1 Å².